The van der Waals surface area contributed by atoms with Crippen LogP contribution in [-0.4, -0.2) is 26.6 Å². The average Bonchev–Trinajstić information content (AvgIpc) is 2.95. The number of aliphatic hydroxyl groups is 1. The van der Waals surface area contributed by atoms with Gasteiger partial charge in [-0.25, -0.2) is 14.2 Å². The van der Waals surface area contributed by atoms with Gasteiger partial charge in [-0.3, -0.25) is 10.1 Å². The Hall–Kier alpha value is -3.32. The van der Waals surface area contributed by atoms with Crippen molar-refractivity contribution in [3.63, 3.8) is 0 Å². The average molecular weight is 421 g/mol. The van der Waals surface area contributed by atoms with Gasteiger partial charge in [0, 0.05) is 7.05 Å². The molecular weight excluding hydrogens is 392 g/mol. The van der Waals surface area contributed by atoms with E-state index in [1.807, 2.05) is 54.6 Å². The van der Waals surface area contributed by atoms with E-state index >= 15 is 0 Å². The van der Waals surface area contributed by atoms with Crippen LogP contribution in [0.5, 0.6) is 0 Å². The van der Waals surface area contributed by atoms with E-state index in [-0.39, 0.29) is 11.0 Å². The second-order valence-electron chi connectivity index (χ2n) is 8.77. The molecule has 162 valence electrons. The number of urea groups is 1. The summed E-state index contributed by atoms with van der Waals surface area (Å²) in [5.41, 5.74) is 2.84. The monoisotopic (exact) mass is 420 g/mol. The van der Waals surface area contributed by atoms with Crippen LogP contribution in [0.25, 0.3) is 5.69 Å². The van der Waals surface area contributed by atoms with E-state index in [0.717, 1.165) is 16.8 Å². The summed E-state index contributed by atoms with van der Waals surface area (Å²) >= 11 is 0. The molecule has 7 nitrogen and oxygen atoms in total. The first kappa shape index (κ1) is 20.9. The van der Waals surface area contributed by atoms with Gasteiger partial charge in [-0.1, -0.05) is 56.3 Å². The fourth-order valence-electron chi connectivity index (χ4n) is 4.56. The van der Waals surface area contributed by atoms with Gasteiger partial charge in [0.2, 0.25) is 0 Å². The molecule has 2 atom stereocenters. The molecule has 1 aliphatic rings. The van der Waals surface area contributed by atoms with Gasteiger partial charge in [0.25, 0.3) is 5.56 Å². The second-order valence-corrected chi connectivity index (χ2v) is 8.77. The smallest absolute Gasteiger partial charge is 0.320 e. The largest absolute Gasteiger partial charge is 0.391 e. The lowest BCUT2D eigenvalue weighted by Gasteiger charge is -2.40. The highest BCUT2D eigenvalue weighted by Crippen LogP contribution is 2.41. The Morgan fingerprint density at radius 3 is 2.45 bits per heavy atom. The summed E-state index contributed by atoms with van der Waals surface area (Å²) in [7, 11) is 1.66. The predicted molar refractivity (Wildman–Crippen MR) is 121 cm³/mol. The zero-order valence-electron chi connectivity index (χ0n) is 18.2. The molecule has 0 fully saturated rings. The van der Waals surface area contributed by atoms with Crippen molar-refractivity contribution in [3.8, 4) is 5.69 Å². The Morgan fingerprint density at radius 2 is 1.74 bits per heavy atom. The fourth-order valence-corrected chi connectivity index (χ4v) is 4.56. The number of anilines is 1. The number of carbonyl (C=O) groups is 1. The third-order valence-corrected chi connectivity index (χ3v) is 6.13. The van der Waals surface area contributed by atoms with Gasteiger partial charge in [-0.2, -0.15) is 0 Å². The molecule has 7 heteroatoms. The predicted octanol–water partition coefficient (Wildman–Crippen LogP) is 3.39. The van der Waals surface area contributed by atoms with E-state index in [1.165, 1.54) is 4.68 Å². The summed E-state index contributed by atoms with van der Waals surface area (Å²) in [6.07, 6.45) is -0.183. The number of nitrogens with zero attached hydrogens (tertiary/aromatic N) is 2. The Kier molecular flexibility index (Phi) is 5.23. The lowest BCUT2D eigenvalue weighted by atomic mass is 9.70. The third kappa shape index (κ3) is 3.65. The van der Waals surface area contributed by atoms with Gasteiger partial charge in [0.15, 0.2) is 0 Å². The number of amides is 2. The van der Waals surface area contributed by atoms with Gasteiger partial charge in [-0.05, 0) is 42.0 Å². The van der Waals surface area contributed by atoms with Crippen LogP contribution in [0.4, 0.5) is 10.6 Å². The maximum absolute atomic E-state index is 13.0. The molecule has 2 aromatic carbocycles. The molecule has 2 unspecified atom stereocenters. The maximum atomic E-state index is 13.0. The van der Waals surface area contributed by atoms with E-state index in [4.69, 9.17) is 0 Å². The number of aliphatic hydroxyl groups excluding tert-OH is 1. The molecule has 3 N–H and O–H groups in total. The molecule has 4 rings (SSSR count). The van der Waals surface area contributed by atoms with Crippen LogP contribution in [0.15, 0.2) is 59.4 Å². The number of para-hydroxylation sites is 1. The number of aromatic nitrogens is 2. The number of nitrogens with one attached hydrogen (secondary N) is 2. The number of hydrogen-bond acceptors (Lipinski definition) is 3. The van der Waals surface area contributed by atoms with Crippen molar-refractivity contribution in [1.82, 2.24) is 14.7 Å². The summed E-state index contributed by atoms with van der Waals surface area (Å²) in [6.45, 7) is 5.87. The summed E-state index contributed by atoms with van der Waals surface area (Å²) in [4.78, 5) is 25.6. The molecule has 0 radical (unpaired) electrons. The van der Waals surface area contributed by atoms with Crippen LogP contribution in [0.1, 0.15) is 43.0 Å². The standard InChI is InChI=1S/C24H28N4O3/c1-15-21(28(27(4)22(15)30)16-10-6-5-7-11-16)26-23(31)25-20-17-12-8-9-13-18(17)24(2,3)14-19(20)29/h5-13,19-20,29H,14H2,1-4H3,(H2,25,26,31). The molecule has 0 spiro atoms. The normalized spacial score (nSPS) is 19.5. The lowest BCUT2D eigenvalue weighted by Crippen LogP contribution is -2.45. The zero-order valence-corrected chi connectivity index (χ0v) is 18.2. The van der Waals surface area contributed by atoms with Crippen LogP contribution in [0.3, 0.4) is 0 Å². The molecule has 1 heterocycles. The van der Waals surface area contributed by atoms with Crippen molar-refractivity contribution in [1.29, 1.82) is 0 Å². The Balaban J connectivity index is 1.65. The minimum atomic E-state index is -0.719. The maximum Gasteiger partial charge on any atom is 0.320 e. The fraction of sp³-hybridized carbons (Fsp3) is 0.333. The second kappa shape index (κ2) is 7.74. The Labute approximate surface area is 181 Å². The first-order valence-corrected chi connectivity index (χ1v) is 10.4. The first-order chi connectivity index (χ1) is 14.7. The molecule has 0 aliphatic heterocycles. The van der Waals surface area contributed by atoms with Crippen molar-refractivity contribution in [3.05, 3.63) is 81.6 Å². The third-order valence-electron chi connectivity index (χ3n) is 6.13. The highest BCUT2D eigenvalue weighted by Gasteiger charge is 2.39. The highest BCUT2D eigenvalue weighted by molar-refractivity contribution is 5.90. The Bertz CT molecular complexity index is 1180. The van der Waals surface area contributed by atoms with E-state index in [1.54, 1.807) is 18.7 Å². The molecule has 31 heavy (non-hydrogen) atoms. The quantitative estimate of drug-likeness (QED) is 0.607. The number of carbonyl (C=O) groups excluding carboxylic acids is 1. The summed E-state index contributed by atoms with van der Waals surface area (Å²) in [6, 6.07) is 16.2. The molecule has 1 aromatic heterocycles. The minimum Gasteiger partial charge on any atom is -0.391 e. The molecule has 0 saturated carbocycles. The summed E-state index contributed by atoms with van der Waals surface area (Å²) in [5, 5.41) is 16.6. The Morgan fingerprint density at radius 1 is 1.10 bits per heavy atom. The van der Waals surface area contributed by atoms with E-state index < -0.39 is 18.2 Å². The van der Waals surface area contributed by atoms with Crippen LogP contribution >= 0.6 is 0 Å². The molecular formula is C24H28N4O3. The van der Waals surface area contributed by atoms with Crippen LogP contribution in [0, 0.1) is 6.92 Å². The van der Waals surface area contributed by atoms with Crippen LogP contribution < -0.4 is 16.2 Å². The van der Waals surface area contributed by atoms with Crippen LogP contribution in [-0.2, 0) is 12.5 Å². The van der Waals surface area contributed by atoms with Crippen molar-refractivity contribution in [2.75, 3.05) is 5.32 Å². The van der Waals surface area contributed by atoms with Crippen molar-refractivity contribution >= 4 is 11.8 Å². The first-order valence-electron chi connectivity index (χ1n) is 10.4. The molecule has 1 aliphatic carbocycles. The molecule has 0 saturated heterocycles. The number of fused-ring (bicyclic) bond motifs is 1. The molecule has 3 aromatic rings. The number of benzene rings is 2. The van der Waals surface area contributed by atoms with Crippen LogP contribution in [0.2, 0.25) is 0 Å². The summed E-state index contributed by atoms with van der Waals surface area (Å²) in [5.74, 6) is 0.398. The lowest BCUT2D eigenvalue weighted by molar-refractivity contribution is 0.0883. The number of hydrogen-bond donors (Lipinski definition) is 3. The van der Waals surface area contributed by atoms with Gasteiger partial charge >= 0.3 is 6.03 Å². The SMILES string of the molecule is Cc1c(NC(=O)NC2c3ccccc3C(C)(C)CC2O)n(-c2ccccc2)n(C)c1=O. The number of rotatable bonds is 3. The molecule has 0 bridgehead atoms. The van der Waals surface area contributed by atoms with Crippen molar-refractivity contribution in [2.45, 2.75) is 44.8 Å². The summed E-state index contributed by atoms with van der Waals surface area (Å²) < 4.78 is 3.14. The van der Waals surface area contributed by atoms with Gasteiger partial charge < -0.3 is 10.4 Å². The highest BCUT2D eigenvalue weighted by atomic mass is 16.3. The van der Waals surface area contributed by atoms with Crippen molar-refractivity contribution < 1.29 is 9.90 Å². The van der Waals surface area contributed by atoms with Gasteiger partial charge in [-0.15, -0.1) is 0 Å². The van der Waals surface area contributed by atoms with Crippen molar-refractivity contribution in [2.24, 2.45) is 7.05 Å². The zero-order chi connectivity index (χ0) is 22.3. The van der Waals surface area contributed by atoms with Gasteiger partial charge in [0.1, 0.15) is 5.82 Å². The van der Waals surface area contributed by atoms with Gasteiger partial charge in [0.05, 0.1) is 23.4 Å². The van der Waals surface area contributed by atoms with E-state index in [2.05, 4.69) is 24.5 Å². The van der Waals surface area contributed by atoms with E-state index in [0.29, 0.717) is 17.8 Å². The van der Waals surface area contributed by atoms with E-state index in [9.17, 15) is 14.7 Å². The topological polar surface area (TPSA) is 88.3 Å². The minimum absolute atomic E-state index is 0.186. The molecule has 2 amide bonds.